The van der Waals surface area contributed by atoms with Gasteiger partial charge >= 0.3 is 0 Å². The molecule has 142 valence electrons. The van der Waals surface area contributed by atoms with Crippen molar-refractivity contribution in [3.8, 4) is 5.75 Å². The van der Waals surface area contributed by atoms with E-state index in [4.69, 9.17) is 27.9 Å². The summed E-state index contributed by atoms with van der Waals surface area (Å²) in [5.41, 5.74) is 4.13. The highest BCUT2D eigenvalue weighted by molar-refractivity contribution is 6.35. The third kappa shape index (κ3) is 6.92. The fourth-order valence-corrected chi connectivity index (χ4v) is 2.45. The van der Waals surface area contributed by atoms with Gasteiger partial charge in [-0.2, -0.15) is 5.10 Å². The number of benzene rings is 2. The third-order valence-electron chi connectivity index (χ3n) is 3.44. The number of nitrogens with one attached hydrogen (secondary N) is 2. The number of para-hydroxylation sites is 1. The number of carbonyl (C=O) groups excluding carboxylic acids is 2. The normalized spacial score (nSPS) is 11.0. The van der Waals surface area contributed by atoms with Crippen LogP contribution in [-0.4, -0.2) is 24.1 Å². The minimum absolute atomic E-state index is 0.0121. The van der Waals surface area contributed by atoms with Crippen molar-refractivity contribution < 1.29 is 14.3 Å². The summed E-state index contributed by atoms with van der Waals surface area (Å²) in [6.07, 6.45) is -0.0121. The van der Waals surface area contributed by atoms with E-state index in [0.29, 0.717) is 27.2 Å². The summed E-state index contributed by atoms with van der Waals surface area (Å²) in [5, 5.41) is 7.38. The number of carbonyl (C=O) groups is 2. The maximum atomic E-state index is 12.0. The molecule has 27 heavy (non-hydrogen) atoms. The Morgan fingerprint density at radius 3 is 2.59 bits per heavy atom. The van der Waals surface area contributed by atoms with E-state index < -0.39 is 5.91 Å². The zero-order valence-electron chi connectivity index (χ0n) is 14.9. The maximum Gasteiger partial charge on any atom is 0.277 e. The first-order valence-electron chi connectivity index (χ1n) is 8.10. The standard InChI is InChI=1S/C19H19Cl2N3O3/c1-12-5-3-4-6-17(12)27-11-19(26)24-23-13(2)9-18(25)22-16-10-14(20)7-8-15(16)21/h3-8,10H,9,11H2,1-2H3,(H,22,25)(H,24,26)/b23-13+. The van der Waals surface area contributed by atoms with E-state index in [1.807, 2.05) is 25.1 Å². The van der Waals surface area contributed by atoms with Crippen molar-refractivity contribution >= 4 is 46.4 Å². The fourth-order valence-electron chi connectivity index (χ4n) is 2.11. The van der Waals surface area contributed by atoms with Crippen LogP contribution in [0.2, 0.25) is 10.0 Å². The summed E-state index contributed by atoms with van der Waals surface area (Å²) in [4.78, 5) is 23.9. The van der Waals surface area contributed by atoms with Gasteiger partial charge in [0.2, 0.25) is 5.91 Å². The van der Waals surface area contributed by atoms with Crippen LogP contribution in [0.3, 0.4) is 0 Å². The van der Waals surface area contributed by atoms with Gasteiger partial charge in [0.1, 0.15) is 5.75 Å². The van der Waals surface area contributed by atoms with Crippen LogP contribution in [0.15, 0.2) is 47.6 Å². The van der Waals surface area contributed by atoms with E-state index in [1.54, 1.807) is 31.2 Å². The Morgan fingerprint density at radius 1 is 1.11 bits per heavy atom. The maximum absolute atomic E-state index is 12.0. The van der Waals surface area contributed by atoms with Crippen molar-refractivity contribution in [2.45, 2.75) is 20.3 Å². The topological polar surface area (TPSA) is 79.8 Å². The Morgan fingerprint density at radius 2 is 1.85 bits per heavy atom. The number of halogens is 2. The summed E-state index contributed by atoms with van der Waals surface area (Å²) in [6, 6.07) is 12.2. The Balaban J connectivity index is 1.81. The van der Waals surface area contributed by atoms with Crippen LogP contribution < -0.4 is 15.5 Å². The molecule has 0 saturated heterocycles. The molecule has 2 aromatic carbocycles. The average molecular weight is 408 g/mol. The van der Waals surface area contributed by atoms with E-state index in [9.17, 15) is 9.59 Å². The van der Waals surface area contributed by atoms with Gasteiger partial charge in [0.05, 0.1) is 17.1 Å². The van der Waals surface area contributed by atoms with Crippen molar-refractivity contribution in [1.82, 2.24) is 5.43 Å². The first kappa shape index (κ1) is 20.7. The number of rotatable bonds is 7. The molecular weight excluding hydrogens is 389 g/mol. The predicted molar refractivity (Wildman–Crippen MR) is 108 cm³/mol. The Bertz CT molecular complexity index is 869. The number of anilines is 1. The van der Waals surface area contributed by atoms with Crippen molar-refractivity contribution in [2.75, 3.05) is 11.9 Å². The molecule has 2 rings (SSSR count). The fraction of sp³-hybridized carbons (Fsp3) is 0.211. The van der Waals surface area contributed by atoms with E-state index >= 15 is 0 Å². The first-order chi connectivity index (χ1) is 12.8. The summed E-state index contributed by atoms with van der Waals surface area (Å²) in [6.45, 7) is 3.34. The molecule has 8 heteroatoms. The molecular formula is C19H19Cl2N3O3. The molecule has 0 heterocycles. The zero-order chi connectivity index (χ0) is 19.8. The van der Waals surface area contributed by atoms with Gasteiger partial charge in [-0.1, -0.05) is 41.4 Å². The van der Waals surface area contributed by atoms with E-state index in [1.165, 1.54) is 0 Å². The lowest BCUT2D eigenvalue weighted by atomic mass is 10.2. The predicted octanol–water partition coefficient (Wildman–Crippen LogP) is 4.20. The van der Waals surface area contributed by atoms with Crippen LogP contribution in [0.4, 0.5) is 5.69 Å². The molecule has 0 radical (unpaired) electrons. The molecule has 6 nitrogen and oxygen atoms in total. The molecule has 0 spiro atoms. The summed E-state index contributed by atoms with van der Waals surface area (Å²) in [5.74, 6) is -0.118. The Kier molecular flexibility index (Phi) is 7.64. The van der Waals surface area contributed by atoms with Crippen molar-refractivity contribution in [3.05, 3.63) is 58.1 Å². The molecule has 0 fully saturated rings. The number of amides is 2. The average Bonchev–Trinajstić information content (AvgIpc) is 2.62. The molecule has 0 aliphatic rings. The number of hydrogen-bond acceptors (Lipinski definition) is 4. The smallest absolute Gasteiger partial charge is 0.277 e. The van der Waals surface area contributed by atoms with E-state index in [2.05, 4.69) is 15.8 Å². The number of hydrazone groups is 1. The molecule has 0 aromatic heterocycles. The summed E-state index contributed by atoms with van der Waals surface area (Å²) in [7, 11) is 0. The molecule has 0 unspecified atom stereocenters. The van der Waals surface area contributed by atoms with E-state index in [0.717, 1.165) is 5.56 Å². The minimum Gasteiger partial charge on any atom is -0.483 e. The van der Waals surface area contributed by atoms with Crippen molar-refractivity contribution in [2.24, 2.45) is 5.10 Å². The number of nitrogens with zero attached hydrogens (tertiary/aromatic N) is 1. The van der Waals surface area contributed by atoms with Crippen LogP contribution in [0, 0.1) is 6.92 Å². The highest BCUT2D eigenvalue weighted by atomic mass is 35.5. The Hall–Kier alpha value is -2.57. The molecule has 0 aliphatic heterocycles. The second kappa shape index (κ2) is 9.94. The summed E-state index contributed by atoms with van der Waals surface area (Å²) < 4.78 is 5.43. The highest BCUT2D eigenvalue weighted by Gasteiger charge is 2.09. The molecule has 0 saturated carbocycles. The van der Waals surface area contributed by atoms with Crippen LogP contribution in [0.1, 0.15) is 18.9 Å². The molecule has 2 amide bonds. The molecule has 0 aliphatic carbocycles. The third-order valence-corrected chi connectivity index (χ3v) is 4.01. The minimum atomic E-state index is -0.420. The lowest BCUT2D eigenvalue weighted by molar-refractivity contribution is -0.123. The largest absolute Gasteiger partial charge is 0.483 e. The van der Waals surface area contributed by atoms with Gasteiger partial charge in [0, 0.05) is 10.7 Å². The van der Waals surface area contributed by atoms with Gasteiger partial charge < -0.3 is 10.1 Å². The number of hydrogen-bond donors (Lipinski definition) is 2. The first-order valence-corrected chi connectivity index (χ1v) is 8.86. The van der Waals surface area contributed by atoms with Crippen LogP contribution in [0.25, 0.3) is 0 Å². The molecule has 0 atom stereocenters. The SMILES string of the molecule is C/C(CC(=O)Nc1cc(Cl)ccc1Cl)=N\NC(=O)COc1ccccc1C. The lowest BCUT2D eigenvalue weighted by Gasteiger charge is -2.09. The molecule has 0 bridgehead atoms. The van der Waals surface area contributed by atoms with Crippen LogP contribution in [0.5, 0.6) is 5.75 Å². The van der Waals surface area contributed by atoms with Gasteiger partial charge in [-0.15, -0.1) is 0 Å². The van der Waals surface area contributed by atoms with E-state index in [-0.39, 0.29) is 18.9 Å². The molecule has 2 N–H and O–H groups in total. The second-order valence-electron chi connectivity index (χ2n) is 5.79. The van der Waals surface area contributed by atoms with Gasteiger partial charge in [-0.25, -0.2) is 5.43 Å². The number of ether oxygens (including phenoxy) is 1. The monoisotopic (exact) mass is 407 g/mol. The van der Waals surface area contributed by atoms with Crippen LogP contribution >= 0.6 is 23.2 Å². The lowest BCUT2D eigenvalue weighted by Crippen LogP contribution is -2.26. The van der Waals surface area contributed by atoms with Gasteiger partial charge in [-0.3, -0.25) is 9.59 Å². The van der Waals surface area contributed by atoms with Gasteiger partial charge in [-0.05, 0) is 43.7 Å². The van der Waals surface area contributed by atoms with Gasteiger partial charge in [0.25, 0.3) is 5.91 Å². The van der Waals surface area contributed by atoms with Crippen LogP contribution in [-0.2, 0) is 9.59 Å². The van der Waals surface area contributed by atoms with Crippen molar-refractivity contribution in [1.29, 1.82) is 0 Å². The molecule has 2 aromatic rings. The second-order valence-corrected chi connectivity index (χ2v) is 6.63. The van der Waals surface area contributed by atoms with Gasteiger partial charge in [0.15, 0.2) is 6.61 Å². The zero-order valence-corrected chi connectivity index (χ0v) is 16.4. The van der Waals surface area contributed by atoms with Crippen molar-refractivity contribution in [3.63, 3.8) is 0 Å². The number of aryl methyl sites for hydroxylation is 1. The Labute approximate surface area is 167 Å². The highest BCUT2D eigenvalue weighted by Crippen LogP contribution is 2.25. The summed E-state index contributed by atoms with van der Waals surface area (Å²) >= 11 is 11.9. The quantitative estimate of drug-likeness (QED) is 0.532.